The van der Waals surface area contributed by atoms with Crippen molar-refractivity contribution < 1.29 is 14.3 Å². The van der Waals surface area contributed by atoms with Gasteiger partial charge >= 0.3 is 0 Å². The number of anilines is 1. The summed E-state index contributed by atoms with van der Waals surface area (Å²) < 4.78 is 11.0. The standard InChI is InChI=1S/C23H30N4O3/c1-4-30-21-14-19(10-11-20(21)29-3)26-23(24-2)25-15-17-7-5-8-18(13-17)16-27-12-6-9-22(27)28/h5,7-8,10-11,13-14H,4,6,9,12,15-16H2,1-3H3,(H2,24,25,26). The van der Waals surface area contributed by atoms with Crippen LogP contribution in [-0.4, -0.2) is 44.1 Å². The van der Waals surface area contributed by atoms with Crippen molar-refractivity contribution in [3.05, 3.63) is 53.6 Å². The molecule has 0 atom stereocenters. The number of carbonyl (C=O) groups excluding carboxylic acids is 1. The van der Waals surface area contributed by atoms with Gasteiger partial charge in [-0.3, -0.25) is 9.79 Å². The largest absolute Gasteiger partial charge is 0.493 e. The van der Waals surface area contributed by atoms with Crippen LogP contribution in [0.15, 0.2) is 47.5 Å². The SMILES string of the molecule is CCOc1cc(NC(=NC)NCc2cccc(CN3CCCC3=O)c2)ccc1OC. The highest BCUT2D eigenvalue weighted by Crippen LogP contribution is 2.30. The van der Waals surface area contributed by atoms with Crippen LogP contribution in [0.3, 0.4) is 0 Å². The summed E-state index contributed by atoms with van der Waals surface area (Å²) in [5, 5.41) is 6.61. The zero-order chi connectivity index (χ0) is 21.3. The molecule has 0 radical (unpaired) electrons. The molecule has 2 aromatic rings. The first-order valence-electron chi connectivity index (χ1n) is 10.3. The summed E-state index contributed by atoms with van der Waals surface area (Å²) >= 11 is 0. The second-order valence-corrected chi connectivity index (χ2v) is 7.09. The summed E-state index contributed by atoms with van der Waals surface area (Å²) in [4.78, 5) is 18.1. The molecule has 1 aliphatic heterocycles. The van der Waals surface area contributed by atoms with Crippen molar-refractivity contribution in [1.29, 1.82) is 0 Å². The molecular formula is C23H30N4O3. The average molecular weight is 411 g/mol. The van der Waals surface area contributed by atoms with Gasteiger partial charge in [0.1, 0.15) is 0 Å². The molecule has 1 aliphatic rings. The smallest absolute Gasteiger partial charge is 0.222 e. The normalized spacial score (nSPS) is 14.0. The summed E-state index contributed by atoms with van der Waals surface area (Å²) in [6.07, 6.45) is 1.62. The molecule has 7 heteroatoms. The molecule has 2 aromatic carbocycles. The third-order valence-electron chi connectivity index (χ3n) is 4.95. The molecule has 0 saturated carbocycles. The van der Waals surface area contributed by atoms with Crippen molar-refractivity contribution in [2.45, 2.75) is 32.9 Å². The molecule has 1 saturated heterocycles. The first-order chi connectivity index (χ1) is 14.6. The fourth-order valence-electron chi connectivity index (χ4n) is 3.45. The number of rotatable bonds is 8. The van der Waals surface area contributed by atoms with E-state index in [1.807, 2.05) is 36.1 Å². The Bertz CT molecular complexity index is 898. The van der Waals surface area contributed by atoms with E-state index in [0.29, 0.717) is 43.6 Å². The minimum absolute atomic E-state index is 0.244. The Morgan fingerprint density at radius 3 is 2.70 bits per heavy atom. The van der Waals surface area contributed by atoms with Gasteiger partial charge in [-0.15, -0.1) is 0 Å². The van der Waals surface area contributed by atoms with Crippen LogP contribution in [0.4, 0.5) is 5.69 Å². The van der Waals surface area contributed by atoms with Crippen LogP contribution >= 0.6 is 0 Å². The quantitative estimate of drug-likeness (QED) is 0.515. The highest BCUT2D eigenvalue weighted by molar-refractivity contribution is 5.93. The topological polar surface area (TPSA) is 75.2 Å². The van der Waals surface area contributed by atoms with E-state index in [4.69, 9.17) is 9.47 Å². The number of likely N-dealkylation sites (tertiary alicyclic amines) is 1. The maximum Gasteiger partial charge on any atom is 0.222 e. The predicted octanol–water partition coefficient (Wildman–Crippen LogP) is 3.40. The van der Waals surface area contributed by atoms with Gasteiger partial charge in [0.2, 0.25) is 5.91 Å². The molecule has 30 heavy (non-hydrogen) atoms. The van der Waals surface area contributed by atoms with Crippen LogP contribution in [0.2, 0.25) is 0 Å². The lowest BCUT2D eigenvalue weighted by molar-refractivity contribution is -0.128. The molecule has 0 unspecified atom stereocenters. The van der Waals surface area contributed by atoms with Gasteiger partial charge in [0.25, 0.3) is 0 Å². The lowest BCUT2D eigenvalue weighted by Gasteiger charge is -2.17. The molecule has 0 spiro atoms. The summed E-state index contributed by atoms with van der Waals surface area (Å²) in [6.45, 7) is 4.64. The maximum atomic E-state index is 11.9. The molecule has 160 valence electrons. The first kappa shape index (κ1) is 21.5. The summed E-state index contributed by atoms with van der Waals surface area (Å²) in [6, 6.07) is 14.0. The van der Waals surface area contributed by atoms with Crippen molar-refractivity contribution in [2.75, 3.05) is 32.6 Å². The maximum absolute atomic E-state index is 11.9. The van der Waals surface area contributed by atoms with E-state index in [0.717, 1.165) is 29.8 Å². The second-order valence-electron chi connectivity index (χ2n) is 7.09. The Morgan fingerprint density at radius 1 is 1.17 bits per heavy atom. The number of hydrogen-bond acceptors (Lipinski definition) is 4. The minimum Gasteiger partial charge on any atom is -0.493 e. The third-order valence-corrected chi connectivity index (χ3v) is 4.95. The van der Waals surface area contributed by atoms with Crippen molar-refractivity contribution in [2.24, 2.45) is 4.99 Å². The van der Waals surface area contributed by atoms with Crippen LogP contribution in [0.25, 0.3) is 0 Å². The third kappa shape index (κ3) is 5.65. The first-order valence-corrected chi connectivity index (χ1v) is 10.3. The van der Waals surface area contributed by atoms with Gasteiger partial charge in [-0.1, -0.05) is 24.3 Å². The Hall–Kier alpha value is -3.22. The number of aliphatic imine (C=N–C) groups is 1. The molecular weight excluding hydrogens is 380 g/mol. The number of benzene rings is 2. The van der Waals surface area contributed by atoms with E-state index in [1.54, 1.807) is 14.2 Å². The van der Waals surface area contributed by atoms with Gasteiger partial charge in [0, 0.05) is 44.9 Å². The molecule has 0 aliphatic carbocycles. The molecule has 0 bridgehead atoms. The van der Waals surface area contributed by atoms with Crippen LogP contribution in [0, 0.1) is 0 Å². The van der Waals surface area contributed by atoms with Gasteiger partial charge in [-0.2, -0.15) is 0 Å². The monoisotopic (exact) mass is 410 g/mol. The average Bonchev–Trinajstić information content (AvgIpc) is 3.16. The van der Waals surface area contributed by atoms with E-state index in [9.17, 15) is 4.79 Å². The van der Waals surface area contributed by atoms with E-state index in [2.05, 4.69) is 33.8 Å². The predicted molar refractivity (Wildman–Crippen MR) is 119 cm³/mol. The number of methoxy groups -OCH3 is 1. The number of ether oxygens (including phenoxy) is 2. The lowest BCUT2D eigenvalue weighted by Crippen LogP contribution is -2.30. The summed E-state index contributed by atoms with van der Waals surface area (Å²) in [5.74, 6) is 2.28. The van der Waals surface area contributed by atoms with Gasteiger partial charge < -0.3 is 25.0 Å². The van der Waals surface area contributed by atoms with E-state index < -0.39 is 0 Å². The molecule has 7 nitrogen and oxygen atoms in total. The number of nitrogens with one attached hydrogen (secondary N) is 2. The van der Waals surface area contributed by atoms with Crippen molar-refractivity contribution in [3.63, 3.8) is 0 Å². The van der Waals surface area contributed by atoms with E-state index >= 15 is 0 Å². The highest BCUT2D eigenvalue weighted by Gasteiger charge is 2.19. The molecule has 1 amide bonds. The van der Waals surface area contributed by atoms with Crippen LogP contribution in [0.1, 0.15) is 30.9 Å². The Morgan fingerprint density at radius 2 is 2.00 bits per heavy atom. The molecule has 1 heterocycles. The van der Waals surface area contributed by atoms with Gasteiger partial charge in [-0.25, -0.2) is 0 Å². The van der Waals surface area contributed by atoms with Crippen molar-refractivity contribution in [1.82, 2.24) is 10.2 Å². The number of carbonyl (C=O) groups is 1. The molecule has 1 fully saturated rings. The zero-order valence-corrected chi connectivity index (χ0v) is 17.9. The zero-order valence-electron chi connectivity index (χ0n) is 17.9. The summed E-state index contributed by atoms with van der Waals surface area (Å²) in [7, 11) is 3.36. The number of nitrogens with zero attached hydrogens (tertiary/aromatic N) is 2. The van der Waals surface area contributed by atoms with Gasteiger partial charge in [0.05, 0.1) is 13.7 Å². The van der Waals surface area contributed by atoms with Gasteiger partial charge in [0.15, 0.2) is 17.5 Å². The highest BCUT2D eigenvalue weighted by atomic mass is 16.5. The van der Waals surface area contributed by atoms with E-state index in [1.165, 1.54) is 0 Å². The number of guanidine groups is 1. The molecule has 3 rings (SSSR count). The van der Waals surface area contributed by atoms with Crippen molar-refractivity contribution >= 4 is 17.6 Å². The number of amides is 1. The van der Waals surface area contributed by atoms with Crippen LogP contribution in [-0.2, 0) is 17.9 Å². The molecule has 0 aromatic heterocycles. The fraction of sp³-hybridized carbons (Fsp3) is 0.391. The Kier molecular flexibility index (Phi) is 7.54. The number of hydrogen-bond donors (Lipinski definition) is 2. The van der Waals surface area contributed by atoms with Crippen molar-refractivity contribution in [3.8, 4) is 11.5 Å². The summed E-state index contributed by atoms with van der Waals surface area (Å²) in [5.41, 5.74) is 3.13. The Labute approximate surface area is 178 Å². The lowest BCUT2D eigenvalue weighted by atomic mass is 10.1. The Balaban J connectivity index is 1.60. The fourth-order valence-corrected chi connectivity index (χ4v) is 3.45. The van der Waals surface area contributed by atoms with Crippen LogP contribution in [0.5, 0.6) is 11.5 Å². The van der Waals surface area contributed by atoms with E-state index in [-0.39, 0.29) is 5.91 Å². The second kappa shape index (κ2) is 10.5. The van der Waals surface area contributed by atoms with Gasteiger partial charge in [-0.05, 0) is 36.6 Å². The minimum atomic E-state index is 0.244. The molecule has 2 N–H and O–H groups in total. The van der Waals surface area contributed by atoms with Crippen LogP contribution < -0.4 is 20.1 Å².